The van der Waals surface area contributed by atoms with Gasteiger partial charge in [0.05, 0.1) is 5.52 Å². The summed E-state index contributed by atoms with van der Waals surface area (Å²) in [6.45, 7) is 6.23. The number of hydrogen-bond acceptors (Lipinski definition) is 5. The number of aromatic nitrogens is 1. The molecular weight excluding hydrogens is 404 g/mol. The van der Waals surface area contributed by atoms with Crippen molar-refractivity contribution in [3.8, 4) is 0 Å². The zero-order valence-corrected chi connectivity index (χ0v) is 18.6. The number of carbonyl (C=O) groups is 1. The van der Waals surface area contributed by atoms with E-state index in [1.54, 1.807) is 11.3 Å². The van der Waals surface area contributed by atoms with E-state index < -0.39 is 0 Å². The van der Waals surface area contributed by atoms with Crippen LogP contribution in [0.4, 0.5) is 11.4 Å². The van der Waals surface area contributed by atoms with E-state index in [1.807, 2.05) is 61.5 Å². The third-order valence-corrected chi connectivity index (χ3v) is 6.11. The molecule has 158 valence electrons. The Kier molecular flexibility index (Phi) is 6.60. The number of hydrogen-bond donors (Lipinski definition) is 3. The van der Waals surface area contributed by atoms with Gasteiger partial charge in [0.25, 0.3) is 5.91 Å². The molecule has 0 fully saturated rings. The van der Waals surface area contributed by atoms with Gasteiger partial charge >= 0.3 is 0 Å². The van der Waals surface area contributed by atoms with Crippen molar-refractivity contribution in [1.29, 1.82) is 0 Å². The first-order valence-corrected chi connectivity index (χ1v) is 11.2. The summed E-state index contributed by atoms with van der Waals surface area (Å²) >= 11 is 1.75. The molecule has 0 aliphatic rings. The SMILES string of the molecule is Cc1cc(Nc2cccc(C(=O)NCCNCc3sccc3C)c2)c2ccccc2n1. The molecule has 0 aliphatic heterocycles. The number of pyridine rings is 1. The molecule has 0 bridgehead atoms. The molecule has 4 aromatic rings. The molecule has 0 saturated carbocycles. The van der Waals surface area contributed by atoms with Crippen molar-refractivity contribution in [3.05, 3.63) is 87.7 Å². The van der Waals surface area contributed by atoms with E-state index in [4.69, 9.17) is 0 Å². The van der Waals surface area contributed by atoms with Gasteiger partial charge in [-0.25, -0.2) is 0 Å². The average molecular weight is 431 g/mol. The molecule has 2 aromatic heterocycles. The van der Waals surface area contributed by atoms with Crippen molar-refractivity contribution in [2.24, 2.45) is 0 Å². The Morgan fingerprint density at radius 2 is 1.87 bits per heavy atom. The largest absolute Gasteiger partial charge is 0.355 e. The number of fused-ring (bicyclic) bond motifs is 1. The Morgan fingerprint density at radius 3 is 2.71 bits per heavy atom. The number of anilines is 2. The van der Waals surface area contributed by atoms with Crippen LogP contribution in [0.25, 0.3) is 10.9 Å². The summed E-state index contributed by atoms with van der Waals surface area (Å²) in [4.78, 5) is 18.5. The van der Waals surface area contributed by atoms with Crippen molar-refractivity contribution < 1.29 is 4.79 Å². The Bertz CT molecular complexity index is 1200. The van der Waals surface area contributed by atoms with Crippen LogP contribution in [0.2, 0.25) is 0 Å². The van der Waals surface area contributed by atoms with Gasteiger partial charge in [-0.3, -0.25) is 9.78 Å². The number of amides is 1. The summed E-state index contributed by atoms with van der Waals surface area (Å²) in [7, 11) is 0. The Labute approximate surface area is 186 Å². The molecule has 5 nitrogen and oxygen atoms in total. The lowest BCUT2D eigenvalue weighted by atomic mass is 10.1. The molecule has 0 saturated heterocycles. The smallest absolute Gasteiger partial charge is 0.251 e. The normalized spacial score (nSPS) is 10.9. The number of carbonyl (C=O) groups excluding carboxylic acids is 1. The second kappa shape index (κ2) is 9.73. The minimum Gasteiger partial charge on any atom is -0.355 e. The maximum absolute atomic E-state index is 12.6. The third-order valence-electron chi connectivity index (χ3n) is 5.09. The molecule has 2 aromatic carbocycles. The van der Waals surface area contributed by atoms with Crippen LogP contribution in [0.1, 0.15) is 26.5 Å². The van der Waals surface area contributed by atoms with Crippen LogP contribution in [-0.4, -0.2) is 24.0 Å². The van der Waals surface area contributed by atoms with Crippen molar-refractivity contribution in [1.82, 2.24) is 15.6 Å². The first-order valence-electron chi connectivity index (χ1n) is 10.4. The topological polar surface area (TPSA) is 66.1 Å². The maximum Gasteiger partial charge on any atom is 0.251 e. The molecule has 4 rings (SSSR count). The van der Waals surface area contributed by atoms with Gasteiger partial charge in [-0.05, 0) is 61.2 Å². The predicted molar refractivity (Wildman–Crippen MR) is 129 cm³/mol. The Morgan fingerprint density at radius 1 is 1.00 bits per heavy atom. The lowest BCUT2D eigenvalue weighted by Gasteiger charge is -2.12. The molecule has 6 heteroatoms. The van der Waals surface area contributed by atoms with E-state index in [1.165, 1.54) is 10.4 Å². The van der Waals surface area contributed by atoms with Crippen LogP contribution in [0, 0.1) is 13.8 Å². The first-order chi connectivity index (χ1) is 15.1. The highest BCUT2D eigenvalue weighted by Gasteiger charge is 2.08. The summed E-state index contributed by atoms with van der Waals surface area (Å²) in [6, 6.07) is 19.8. The van der Waals surface area contributed by atoms with Gasteiger partial charge in [0.15, 0.2) is 0 Å². The van der Waals surface area contributed by atoms with E-state index in [-0.39, 0.29) is 5.91 Å². The molecule has 0 unspecified atom stereocenters. The lowest BCUT2D eigenvalue weighted by molar-refractivity contribution is 0.0954. The standard InChI is InChI=1S/C25H26N4OS/c1-17-10-13-31-24(17)16-26-11-12-27-25(30)19-6-5-7-20(15-19)29-23-14-18(2)28-22-9-4-3-8-21(22)23/h3-10,13-15,26H,11-12,16H2,1-2H3,(H,27,30)(H,28,29). The number of thiophene rings is 1. The van der Waals surface area contributed by atoms with E-state index in [9.17, 15) is 4.79 Å². The van der Waals surface area contributed by atoms with Crippen LogP contribution < -0.4 is 16.0 Å². The third kappa shape index (κ3) is 5.29. The van der Waals surface area contributed by atoms with E-state index in [0.717, 1.165) is 41.1 Å². The highest BCUT2D eigenvalue weighted by atomic mass is 32.1. The Balaban J connectivity index is 1.36. The molecule has 0 radical (unpaired) electrons. The zero-order chi connectivity index (χ0) is 21.6. The molecule has 3 N–H and O–H groups in total. The molecule has 0 atom stereocenters. The van der Waals surface area contributed by atoms with Crippen molar-refractivity contribution >= 4 is 39.5 Å². The predicted octanol–water partition coefficient (Wildman–Crippen LogP) is 5.18. The second-order valence-corrected chi connectivity index (χ2v) is 8.49. The van der Waals surface area contributed by atoms with E-state index in [0.29, 0.717) is 12.1 Å². The van der Waals surface area contributed by atoms with Gasteiger partial charge in [0, 0.05) is 52.5 Å². The number of nitrogens with one attached hydrogen (secondary N) is 3. The molecule has 31 heavy (non-hydrogen) atoms. The van der Waals surface area contributed by atoms with Crippen LogP contribution in [0.15, 0.2) is 66.0 Å². The van der Waals surface area contributed by atoms with E-state index >= 15 is 0 Å². The van der Waals surface area contributed by atoms with Crippen molar-refractivity contribution in [2.45, 2.75) is 20.4 Å². The van der Waals surface area contributed by atoms with Crippen LogP contribution in [-0.2, 0) is 6.54 Å². The summed E-state index contributed by atoms with van der Waals surface area (Å²) in [6.07, 6.45) is 0. The quantitative estimate of drug-likeness (QED) is 0.337. The summed E-state index contributed by atoms with van der Waals surface area (Å²) in [5.74, 6) is -0.0754. The fourth-order valence-corrected chi connectivity index (χ4v) is 4.33. The summed E-state index contributed by atoms with van der Waals surface area (Å²) < 4.78 is 0. The molecular formula is C25H26N4OS. The minimum atomic E-state index is -0.0754. The fraction of sp³-hybridized carbons (Fsp3) is 0.200. The minimum absolute atomic E-state index is 0.0754. The fourth-order valence-electron chi connectivity index (χ4n) is 3.46. The van der Waals surface area contributed by atoms with E-state index in [2.05, 4.69) is 39.3 Å². The maximum atomic E-state index is 12.6. The van der Waals surface area contributed by atoms with Gasteiger partial charge in [-0.2, -0.15) is 0 Å². The van der Waals surface area contributed by atoms with Gasteiger partial charge in [-0.1, -0.05) is 24.3 Å². The highest BCUT2D eigenvalue weighted by molar-refractivity contribution is 7.10. The highest BCUT2D eigenvalue weighted by Crippen LogP contribution is 2.26. The number of benzene rings is 2. The average Bonchev–Trinajstić information content (AvgIpc) is 3.18. The number of nitrogens with zero attached hydrogens (tertiary/aromatic N) is 1. The first kappa shape index (κ1) is 21.0. The van der Waals surface area contributed by atoms with Crippen LogP contribution in [0.5, 0.6) is 0 Å². The van der Waals surface area contributed by atoms with Gasteiger partial charge in [-0.15, -0.1) is 11.3 Å². The number of aryl methyl sites for hydroxylation is 2. The van der Waals surface area contributed by atoms with Gasteiger partial charge < -0.3 is 16.0 Å². The second-order valence-electron chi connectivity index (χ2n) is 7.49. The lowest BCUT2D eigenvalue weighted by Crippen LogP contribution is -2.31. The zero-order valence-electron chi connectivity index (χ0n) is 17.7. The van der Waals surface area contributed by atoms with Gasteiger partial charge in [0.2, 0.25) is 0 Å². The Hall–Kier alpha value is -3.22. The summed E-state index contributed by atoms with van der Waals surface area (Å²) in [5.41, 5.74) is 5.69. The number of para-hydroxylation sites is 1. The monoisotopic (exact) mass is 430 g/mol. The molecule has 1 amide bonds. The van der Waals surface area contributed by atoms with Crippen molar-refractivity contribution in [2.75, 3.05) is 18.4 Å². The molecule has 0 aliphatic carbocycles. The van der Waals surface area contributed by atoms with Crippen molar-refractivity contribution in [3.63, 3.8) is 0 Å². The molecule has 0 spiro atoms. The van der Waals surface area contributed by atoms with Crippen LogP contribution in [0.3, 0.4) is 0 Å². The number of rotatable bonds is 8. The van der Waals surface area contributed by atoms with Gasteiger partial charge in [0.1, 0.15) is 0 Å². The molecule has 2 heterocycles. The summed E-state index contributed by atoms with van der Waals surface area (Å²) in [5, 5.41) is 13.0. The van der Waals surface area contributed by atoms with Crippen LogP contribution >= 0.6 is 11.3 Å².